The van der Waals surface area contributed by atoms with Crippen molar-refractivity contribution < 1.29 is 9.13 Å². The summed E-state index contributed by atoms with van der Waals surface area (Å²) in [4.78, 5) is 0. The van der Waals surface area contributed by atoms with Gasteiger partial charge in [-0.1, -0.05) is 6.07 Å². The summed E-state index contributed by atoms with van der Waals surface area (Å²) in [6, 6.07) is 15.4. The lowest BCUT2D eigenvalue weighted by atomic mass is 10.2. The van der Waals surface area contributed by atoms with Gasteiger partial charge in [0.05, 0.1) is 0 Å². The van der Waals surface area contributed by atoms with Crippen LogP contribution in [-0.4, -0.2) is 0 Å². The van der Waals surface area contributed by atoms with E-state index >= 15 is 0 Å². The first kappa shape index (κ1) is 11.0. The Bertz CT molecular complexity index is 567. The van der Waals surface area contributed by atoms with Crippen molar-refractivity contribution in [3.8, 4) is 23.5 Å². The number of halogens is 1. The topological polar surface area (TPSA) is 35.2 Å². The SMILES string of the molecule is NC#Cc1ccc(Oc2cccc(F)c2)cc1. The monoisotopic (exact) mass is 227 g/mol. The van der Waals surface area contributed by atoms with Gasteiger partial charge >= 0.3 is 0 Å². The fourth-order valence-electron chi connectivity index (χ4n) is 1.36. The van der Waals surface area contributed by atoms with Gasteiger partial charge < -0.3 is 10.5 Å². The molecule has 0 saturated heterocycles. The molecule has 0 unspecified atom stereocenters. The Morgan fingerprint density at radius 2 is 1.76 bits per heavy atom. The third-order valence-electron chi connectivity index (χ3n) is 2.10. The van der Waals surface area contributed by atoms with E-state index in [9.17, 15) is 4.39 Å². The number of ether oxygens (including phenoxy) is 1. The van der Waals surface area contributed by atoms with Crippen LogP contribution in [0.3, 0.4) is 0 Å². The van der Waals surface area contributed by atoms with E-state index < -0.39 is 0 Å². The Morgan fingerprint density at radius 1 is 1.00 bits per heavy atom. The zero-order valence-electron chi connectivity index (χ0n) is 8.98. The first-order chi connectivity index (χ1) is 8.28. The second-order valence-corrected chi connectivity index (χ2v) is 3.35. The maximum atomic E-state index is 12.9. The minimum Gasteiger partial charge on any atom is -0.457 e. The average molecular weight is 227 g/mol. The molecule has 3 heteroatoms. The van der Waals surface area contributed by atoms with Gasteiger partial charge in [-0.15, -0.1) is 0 Å². The fourth-order valence-corrected chi connectivity index (χ4v) is 1.36. The molecule has 0 aliphatic heterocycles. The van der Waals surface area contributed by atoms with Crippen molar-refractivity contribution in [3.05, 3.63) is 59.9 Å². The molecule has 0 saturated carbocycles. The van der Waals surface area contributed by atoms with Gasteiger partial charge in [-0.3, -0.25) is 0 Å². The van der Waals surface area contributed by atoms with Crippen LogP contribution in [0.2, 0.25) is 0 Å². The van der Waals surface area contributed by atoms with Gasteiger partial charge in [-0.05, 0) is 42.3 Å². The molecule has 0 amide bonds. The molecule has 0 atom stereocenters. The molecule has 0 aromatic heterocycles. The van der Waals surface area contributed by atoms with Gasteiger partial charge in [0, 0.05) is 17.7 Å². The molecular weight excluding hydrogens is 217 g/mol. The van der Waals surface area contributed by atoms with Crippen LogP contribution in [0, 0.1) is 17.8 Å². The molecule has 2 N–H and O–H groups in total. The van der Waals surface area contributed by atoms with Crippen molar-refractivity contribution >= 4 is 0 Å². The Hall–Kier alpha value is -2.47. The molecule has 84 valence electrons. The number of benzene rings is 2. The van der Waals surface area contributed by atoms with E-state index in [1.807, 2.05) is 0 Å². The van der Waals surface area contributed by atoms with Crippen LogP contribution in [0.25, 0.3) is 0 Å². The lowest BCUT2D eigenvalue weighted by Gasteiger charge is -2.05. The predicted octanol–water partition coefficient (Wildman–Crippen LogP) is 2.89. The van der Waals surface area contributed by atoms with Crippen molar-refractivity contribution in [2.45, 2.75) is 0 Å². The standard InChI is InChI=1S/C14H10FNO/c15-12-2-1-3-14(10-12)17-13-6-4-11(5-7-13)8-9-16/h1-7,10H,16H2. The molecule has 0 aliphatic rings. The van der Waals surface area contributed by atoms with Crippen molar-refractivity contribution in [2.75, 3.05) is 0 Å². The molecule has 0 heterocycles. The molecule has 2 rings (SSSR count). The summed E-state index contributed by atoms with van der Waals surface area (Å²) in [5.41, 5.74) is 5.91. The highest BCUT2D eigenvalue weighted by atomic mass is 19.1. The molecule has 0 bridgehead atoms. The average Bonchev–Trinajstić information content (AvgIpc) is 2.32. The molecule has 2 aromatic rings. The maximum absolute atomic E-state index is 12.9. The smallest absolute Gasteiger partial charge is 0.130 e. The summed E-state index contributed by atoms with van der Waals surface area (Å²) in [6.45, 7) is 0. The molecule has 0 fully saturated rings. The molecule has 2 nitrogen and oxygen atoms in total. The number of hydrogen-bond acceptors (Lipinski definition) is 2. The normalized spacial score (nSPS) is 9.24. The molecule has 0 aliphatic carbocycles. The number of hydrogen-bond donors (Lipinski definition) is 1. The largest absolute Gasteiger partial charge is 0.457 e. The van der Waals surface area contributed by atoms with E-state index in [2.05, 4.69) is 12.0 Å². The Labute approximate surface area is 98.8 Å². The first-order valence-corrected chi connectivity index (χ1v) is 5.03. The third-order valence-corrected chi connectivity index (χ3v) is 2.10. The highest BCUT2D eigenvalue weighted by molar-refractivity contribution is 5.39. The van der Waals surface area contributed by atoms with E-state index in [1.165, 1.54) is 12.1 Å². The zero-order valence-corrected chi connectivity index (χ0v) is 8.98. The quantitative estimate of drug-likeness (QED) is 0.632. The molecule has 2 aromatic carbocycles. The second kappa shape index (κ2) is 5.04. The van der Waals surface area contributed by atoms with Gasteiger partial charge in [-0.25, -0.2) is 4.39 Å². The Balaban J connectivity index is 2.15. The van der Waals surface area contributed by atoms with E-state index in [4.69, 9.17) is 10.5 Å². The summed E-state index contributed by atoms with van der Waals surface area (Å²) in [7, 11) is 0. The van der Waals surface area contributed by atoms with Gasteiger partial charge in [0.2, 0.25) is 0 Å². The van der Waals surface area contributed by atoms with Crippen molar-refractivity contribution in [1.82, 2.24) is 0 Å². The fraction of sp³-hybridized carbons (Fsp3) is 0. The molecule has 17 heavy (non-hydrogen) atoms. The highest BCUT2D eigenvalue weighted by Gasteiger charge is 1.98. The predicted molar refractivity (Wildman–Crippen MR) is 64.0 cm³/mol. The molecule has 0 spiro atoms. The lowest BCUT2D eigenvalue weighted by Crippen LogP contribution is -1.85. The van der Waals surface area contributed by atoms with Gasteiger partial charge in [0.25, 0.3) is 0 Å². The van der Waals surface area contributed by atoms with Gasteiger partial charge in [0.15, 0.2) is 0 Å². The van der Waals surface area contributed by atoms with Gasteiger partial charge in [-0.2, -0.15) is 0 Å². The van der Waals surface area contributed by atoms with Crippen molar-refractivity contribution in [3.63, 3.8) is 0 Å². The summed E-state index contributed by atoms with van der Waals surface area (Å²) in [5.74, 6) is 3.48. The summed E-state index contributed by atoms with van der Waals surface area (Å²) < 4.78 is 18.4. The number of nitrogens with two attached hydrogens (primary N) is 1. The van der Waals surface area contributed by atoms with Crippen LogP contribution in [0.5, 0.6) is 11.5 Å². The van der Waals surface area contributed by atoms with Crippen LogP contribution in [0.4, 0.5) is 4.39 Å². The van der Waals surface area contributed by atoms with E-state index in [0.717, 1.165) is 5.56 Å². The molecule has 0 radical (unpaired) electrons. The second-order valence-electron chi connectivity index (χ2n) is 3.35. The van der Waals surface area contributed by atoms with E-state index in [-0.39, 0.29) is 5.82 Å². The van der Waals surface area contributed by atoms with E-state index in [0.29, 0.717) is 11.5 Å². The van der Waals surface area contributed by atoms with Gasteiger partial charge in [0.1, 0.15) is 17.3 Å². The van der Waals surface area contributed by atoms with Crippen LogP contribution in [0.1, 0.15) is 5.56 Å². The maximum Gasteiger partial charge on any atom is 0.130 e. The Kier molecular flexibility index (Phi) is 3.27. The lowest BCUT2D eigenvalue weighted by molar-refractivity contribution is 0.477. The summed E-state index contributed by atoms with van der Waals surface area (Å²) >= 11 is 0. The Morgan fingerprint density at radius 3 is 2.41 bits per heavy atom. The van der Waals surface area contributed by atoms with Crippen LogP contribution in [0.15, 0.2) is 48.5 Å². The van der Waals surface area contributed by atoms with Crippen LogP contribution in [-0.2, 0) is 0 Å². The third kappa shape index (κ3) is 2.99. The van der Waals surface area contributed by atoms with Crippen molar-refractivity contribution in [2.24, 2.45) is 5.73 Å². The zero-order chi connectivity index (χ0) is 12.1. The summed E-state index contributed by atoms with van der Waals surface area (Å²) in [6.07, 6.45) is 0. The first-order valence-electron chi connectivity index (χ1n) is 5.03. The number of rotatable bonds is 2. The van der Waals surface area contributed by atoms with Crippen LogP contribution < -0.4 is 10.5 Å². The van der Waals surface area contributed by atoms with Crippen LogP contribution >= 0.6 is 0 Å². The summed E-state index contributed by atoms with van der Waals surface area (Å²) in [5, 5.41) is 0. The minimum absolute atomic E-state index is 0.326. The minimum atomic E-state index is -0.326. The van der Waals surface area contributed by atoms with E-state index in [1.54, 1.807) is 36.4 Å². The highest BCUT2D eigenvalue weighted by Crippen LogP contribution is 2.21. The molecular formula is C14H10FNO. The van der Waals surface area contributed by atoms with Crippen molar-refractivity contribution in [1.29, 1.82) is 0 Å².